The maximum absolute atomic E-state index is 13.9. The van der Waals surface area contributed by atoms with Gasteiger partial charge in [0.25, 0.3) is 5.91 Å². The van der Waals surface area contributed by atoms with Gasteiger partial charge in [0.05, 0.1) is 11.6 Å². The molecule has 0 heterocycles. The van der Waals surface area contributed by atoms with E-state index in [1.54, 1.807) is 20.2 Å². The average Bonchev–Trinajstić information content (AvgIpc) is 2.89. The number of nitriles is 1. The maximum atomic E-state index is 13.9. The van der Waals surface area contributed by atoms with Crippen LogP contribution in [0.4, 0.5) is 0 Å². The number of phenols is 1. The number of ketones is 2. The normalized spacial score (nSPS) is 25.7. The molecule has 1 amide bonds. The molecule has 0 saturated carbocycles. The van der Waals surface area contributed by atoms with Gasteiger partial charge in [-0.15, -0.1) is 0 Å². The number of carbonyl (C=O) groups is 3. The molecule has 11 heteroatoms. The van der Waals surface area contributed by atoms with Crippen molar-refractivity contribution in [2.45, 2.75) is 31.0 Å². The molecule has 7 N–H and O–H groups in total. The fourth-order valence-corrected chi connectivity index (χ4v) is 6.46. The molecule has 3 aliphatic rings. The summed E-state index contributed by atoms with van der Waals surface area (Å²) in [4.78, 5) is 40.8. The quantitative estimate of drug-likeness (QED) is 0.182. The van der Waals surface area contributed by atoms with Crippen molar-refractivity contribution < 1.29 is 34.8 Å². The number of phenolic OH excluding ortho intramolecular Hbond substituents is 1. The number of hydrogen-bond acceptors (Lipinski definition) is 10. The van der Waals surface area contributed by atoms with E-state index in [2.05, 4.69) is 5.32 Å². The minimum absolute atomic E-state index is 0.0135. The van der Waals surface area contributed by atoms with Crippen LogP contribution in [0.25, 0.3) is 11.1 Å². The van der Waals surface area contributed by atoms with Crippen LogP contribution in [0.3, 0.4) is 0 Å². The second-order valence-electron chi connectivity index (χ2n) is 10.6. The Labute approximate surface area is 229 Å². The molecule has 0 radical (unpaired) electrons. The highest BCUT2D eigenvalue weighted by Crippen LogP contribution is 2.53. The Bertz CT molecular complexity index is 1570. The number of nitrogens with two attached hydrogens (primary N) is 1. The van der Waals surface area contributed by atoms with Crippen molar-refractivity contribution in [2.24, 2.45) is 17.6 Å². The van der Waals surface area contributed by atoms with Gasteiger partial charge in [0, 0.05) is 18.0 Å². The van der Waals surface area contributed by atoms with Gasteiger partial charge in [-0.25, -0.2) is 0 Å². The number of amides is 1. The van der Waals surface area contributed by atoms with Crippen molar-refractivity contribution >= 4 is 17.5 Å². The number of fused-ring (bicyclic) bond motifs is 3. The van der Waals surface area contributed by atoms with Gasteiger partial charge in [0.2, 0.25) is 5.78 Å². The Kier molecular flexibility index (Phi) is 6.40. The van der Waals surface area contributed by atoms with Crippen molar-refractivity contribution in [1.82, 2.24) is 10.2 Å². The van der Waals surface area contributed by atoms with Crippen LogP contribution in [0.2, 0.25) is 0 Å². The number of nitrogens with zero attached hydrogens (tertiary/aromatic N) is 2. The Morgan fingerprint density at radius 1 is 1.15 bits per heavy atom. The van der Waals surface area contributed by atoms with E-state index in [9.17, 15) is 34.8 Å². The summed E-state index contributed by atoms with van der Waals surface area (Å²) in [7, 11) is 3.17. The summed E-state index contributed by atoms with van der Waals surface area (Å²) in [5.41, 5.74) is 4.45. The zero-order chi connectivity index (χ0) is 29.1. The molecule has 5 rings (SSSR count). The molecule has 0 unspecified atom stereocenters. The summed E-state index contributed by atoms with van der Waals surface area (Å²) in [6, 6.07) is 9.36. The van der Waals surface area contributed by atoms with Crippen LogP contribution in [-0.4, -0.2) is 68.5 Å². The van der Waals surface area contributed by atoms with Crippen molar-refractivity contribution in [3.8, 4) is 23.1 Å². The van der Waals surface area contributed by atoms with Crippen LogP contribution in [-0.2, 0) is 22.6 Å². The number of hydrogen-bond donors (Lipinski definition) is 6. The highest BCUT2D eigenvalue weighted by molar-refractivity contribution is 6.24. The fraction of sp³-hybridized carbons (Fsp3) is 0.310. The summed E-state index contributed by atoms with van der Waals surface area (Å²) in [5.74, 6) is -6.85. The Balaban J connectivity index is 1.65. The maximum Gasteiger partial charge on any atom is 0.255 e. The van der Waals surface area contributed by atoms with Crippen molar-refractivity contribution in [2.75, 3.05) is 14.1 Å². The molecule has 3 aliphatic carbocycles. The lowest BCUT2D eigenvalue weighted by Gasteiger charge is -2.50. The molecule has 0 saturated heterocycles. The summed E-state index contributed by atoms with van der Waals surface area (Å²) < 4.78 is 0. The standard InChI is InChI=1S/C29H28N4O7/c1-33(2)23-18-10-15-9-17-16(14-5-3-13(4-6-14)11-32-12-30)7-8-19(34)21(17)24(35)20(15)26(37)29(18,40)27(38)22(25(23)36)28(31)39/h3-8,15,18,23,32,34,36-37,40H,9-11H2,1-2H3,(H2,31,39)/t15-,18-,23-,29-/m0/s1. The van der Waals surface area contributed by atoms with E-state index in [0.29, 0.717) is 17.7 Å². The number of Topliss-reactive ketones (excluding diaryl/α,β-unsaturated/α-hetero) is 2. The molecular weight excluding hydrogens is 516 g/mol. The van der Waals surface area contributed by atoms with Crippen LogP contribution >= 0.6 is 0 Å². The van der Waals surface area contributed by atoms with Crippen molar-refractivity contribution in [1.29, 1.82) is 5.26 Å². The first-order chi connectivity index (χ1) is 18.9. The van der Waals surface area contributed by atoms with Gasteiger partial charge in [-0.3, -0.25) is 19.3 Å². The van der Waals surface area contributed by atoms with Gasteiger partial charge in [-0.05, 0) is 61.2 Å². The highest BCUT2D eigenvalue weighted by Gasteiger charge is 2.63. The van der Waals surface area contributed by atoms with Gasteiger partial charge < -0.3 is 31.5 Å². The second-order valence-corrected chi connectivity index (χ2v) is 10.6. The first-order valence-electron chi connectivity index (χ1n) is 12.6. The molecule has 4 atom stereocenters. The van der Waals surface area contributed by atoms with Gasteiger partial charge in [-0.2, -0.15) is 5.26 Å². The first kappa shape index (κ1) is 26.9. The van der Waals surface area contributed by atoms with E-state index in [1.807, 2.05) is 30.5 Å². The molecular formula is C29H28N4O7. The third-order valence-electron chi connectivity index (χ3n) is 8.24. The van der Waals surface area contributed by atoms with Crippen LogP contribution in [0.5, 0.6) is 5.75 Å². The van der Waals surface area contributed by atoms with Crippen LogP contribution in [0.1, 0.15) is 27.9 Å². The number of primary amides is 1. The number of aliphatic hydroxyl groups excluding tert-OH is 2. The van der Waals surface area contributed by atoms with Gasteiger partial charge in [0.1, 0.15) is 22.8 Å². The molecule has 0 bridgehead atoms. The average molecular weight is 545 g/mol. The van der Waals surface area contributed by atoms with Crippen LogP contribution in [0.15, 0.2) is 59.1 Å². The monoisotopic (exact) mass is 544 g/mol. The Morgan fingerprint density at radius 3 is 2.42 bits per heavy atom. The molecule has 0 aliphatic heterocycles. The molecule has 2 aromatic carbocycles. The van der Waals surface area contributed by atoms with E-state index in [-0.39, 0.29) is 29.7 Å². The topological polar surface area (TPSA) is 197 Å². The summed E-state index contributed by atoms with van der Waals surface area (Å²) in [6.07, 6.45) is 2.07. The predicted octanol–water partition coefficient (Wildman–Crippen LogP) is 1.36. The Hall–Kier alpha value is -4.66. The zero-order valence-corrected chi connectivity index (χ0v) is 21.8. The Morgan fingerprint density at radius 2 is 1.82 bits per heavy atom. The molecule has 2 aromatic rings. The summed E-state index contributed by atoms with van der Waals surface area (Å²) in [5, 5.41) is 56.0. The molecule has 0 spiro atoms. The minimum atomic E-state index is -2.68. The predicted molar refractivity (Wildman–Crippen MR) is 142 cm³/mol. The lowest BCUT2D eigenvalue weighted by atomic mass is 9.58. The molecule has 11 nitrogen and oxygen atoms in total. The highest BCUT2D eigenvalue weighted by atomic mass is 16.3. The number of likely N-dealkylation sites (N-methyl/N-ethyl adjacent to an activating group) is 1. The van der Waals surface area contributed by atoms with E-state index in [0.717, 1.165) is 11.1 Å². The zero-order valence-electron chi connectivity index (χ0n) is 21.8. The number of aromatic hydroxyl groups is 1. The van der Waals surface area contributed by atoms with Gasteiger partial charge >= 0.3 is 0 Å². The third-order valence-corrected chi connectivity index (χ3v) is 8.24. The lowest BCUT2D eigenvalue weighted by Crippen LogP contribution is -2.63. The van der Waals surface area contributed by atoms with E-state index in [1.165, 1.54) is 11.0 Å². The molecule has 40 heavy (non-hydrogen) atoms. The van der Waals surface area contributed by atoms with E-state index >= 15 is 0 Å². The first-order valence-corrected chi connectivity index (χ1v) is 12.6. The second kappa shape index (κ2) is 9.51. The SMILES string of the molecule is CN(C)[C@@H]1C(O)=C(C(N)=O)C(=O)[C@@]2(O)C(O)=C3C(=O)c4c(O)ccc(-c5ccc(CNC#N)cc5)c4C[C@H]3C[C@@H]12. The smallest absolute Gasteiger partial charge is 0.255 e. The molecule has 0 fully saturated rings. The van der Waals surface area contributed by atoms with E-state index in [4.69, 9.17) is 11.0 Å². The van der Waals surface area contributed by atoms with Crippen LogP contribution < -0.4 is 11.1 Å². The van der Waals surface area contributed by atoms with Crippen molar-refractivity contribution in [3.63, 3.8) is 0 Å². The summed E-state index contributed by atoms with van der Waals surface area (Å²) >= 11 is 0. The van der Waals surface area contributed by atoms with Gasteiger partial charge in [-0.1, -0.05) is 30.3 Å². The van der Waals surface area contributed by atoms with E-state index < -0.39 is 58.0 Å². The molecule has 206 valence electrons. The summed E-state index contributed by atoms with van der Waals surface area (Å²) in [6.45, 7) is 0.354. The van der Waals surface area contributed by atoms with Crippen molar-refractivity contribution in [3.05, 3.63) is 75.8 Å². The lowest BCUT2D eigenvalue weighted by molar-refractivity contribution is -0.148. The van der Waals surface area contributed by atoms with Crippen LogP contribution in [0, 0.1) is 23.3 Å². The fourth-order valence-electron chi connectivity index (χ4n) is 6.46. The van der Waals surface area contributed by atoms with Gasteiger partial charge in [0.15, 0.2) is 17.6 Å². The number of allylic oxidation sites excluding steroid dienone is 1. The minimum Gasteiger partial charge on any atom is -0.510 e. The molecule has 0 aromatic heterocycles. The number of carbonyl (C=O) groups excluding carboxylic acids is 3. The number of rotatable bonds is 5. The number of nitrogens with one attached hydrogen (secondary N) is 1. The largest absolute Gasteiger partial charge is 0.510 e. The third kappa shape index (κ3) is 3.76. The number of aliphatic hydroxyl groups is 3. The number of benzene rings is 2.